The van der Waals surface area contributed by atoms with Crippen molar-refractivity contribution in [2.75, 3.05) is 13.1 Å². The fourth-order valence-electron chi connectivity index (χ4n) is 4.09. The number of fused-ring (bicyclic) bond motifs is 3. The largest absolute Gasteiger partial charge is 0.355 e. The van der Waals surface area contributed by atoms with E-state index in [4.69, 9.17) is 11.6 Å². The highest BCUT2D eigenvalue weighted by atomic mass is 35.5. The SMILES string of the molecule is CC(=O)NCCNC(=O)c1c2n(c(C)cc1=O)-c1ccccc1S[C@H](c1ccccc1Cl)C2. The van der Waals surface area contributed by atoms with Crippen molar-refractivity contribution in [1.82, 2.24) is 15.2 Å². The van der Waals surface area contributed by atoms with E-state index in [1.807, 2.05) is 60.0 Å². The van der Waals surface area contributed by atoms with Gasteiger partial charge in [0.1, 0.15) is 5.56 Å². The van der Waals surface area contributed by atoms with Crippen molar-refractivity contribution in [3.63, 3.8) is 0 Å². The summed E-state index contributed by atoms with van der Waals surface area (Å²) < 4.78 is 2.00. The normalized spacial score (nSPS) is 14.6. The smallest absolute Gasteiger partial charge is 0.257 e. The maximum Gasteiger partial charge on any atom is 0.257 e. The third-order valence-corrected chi connectivity index (χ3v) is 7.16. The van der Waals surface area contributed by atoms with Gasteiger partial charge in [-0.25, -0.2) is 0 Å². The summed E-state index contributed by atoms with van der Waals surface area (Å²) in [5.74, 6) is -0.624. The number of aromatic nitrogens is 1. The van der Waals surface area contributed by atoms with E-state index in [2.05, 4.69) is 10.6 Å². The van der Waals surface area contributed by atoms with Crippen LogP contribution in [0.15, 0.2) is 64.3 Å². The number of carbonyl (C=O) groups excluding carboxylic acids is 2. The van der Waals surface area contributed by atoms with E-state index < -0.39 is 5.91 Å². The zero-order chi connectivity index (χ0) is 23.5. The number of thioether (sulfide) groups is 1. The fourth-order valence-corrected chi connectivity index (χ4v) is 5.74. The summed E-state index contributed by atoms with van der Waals surface area (Å²) in [7, 11) is 0. The van der Waals surface area contributed by atoms with Crippen LogP contribution in [0.4, 0.5) is 0 Å². The summed E-state index contributed by atoms with van der Waals surface area (Å²) in [6.07, 6.45) is 0.453. The molecule has 0 bridgehead atoms. The van der Waals surface area contributed by atoms with E-state index in [9.17, 15) is 14.4 Å². The zero-order valence-corrected chi connectivity index (χ0v) is 19.9. The third-order valence-electron chi connectivity index (χ3n) is 5.52. The highest BCUT2D eigenvalue weighted by molar-refractivity contribution is 7.99. The van der Waals surface area contributed by atoms with Crippen LogP contribution in [0.25, 0.3) is 5.69 Å². The molecule has 170 valence electrons. The van der Waals surface area contributed by atoms with Crippen molar-refractivity contribution >= 4 is 35.2 Å². The molecule has 0 spiro atoms. The first-order valence-corrected chi connectivity index (χ1v) is 11.9. The molecule has 0 fully saturated rings. The van der Waals surface area contributed by atoms with Crippen molar-refractivity contribution < 1.29 is 9.59 Å². The van der Waals surface area contributed by atoms with Gasteiger partial charge in [-0.05, 0) is 30.7 Å². The van der Waals surface area contributed by atoms with Gasteiger partial charge >= 0.3 is 0 Å². The van der Waals surface area contributed by atoms with Crippen LogP contribution in [-0.4, -0.2) is 29.5 Å². The Kier molecular flexibility index (Phi) is 6.91. The summed E-state index contributed by atoms with van der Waals surface area (Å²) in [5.41, 5.74) is 3.10. The molecule has 2 aromatic carbocycles. The lowest BCUT2D eigenvalue weighted by Gasteiger charge is -2.20. The second kappa shape index (κ2) is 9.85. The van der Waals surface area contributed by atoms with Crippen molar-refractivity contribution in [3.8, 4) is 5.69 Å². The Morgan fingerprint density at radius 2 is 1.79 bits per heavy atom. The average molecular weight is 482 g/mol. The van der Waals surface area contributed by atoms with Crippen molar-refractivity contribution in [2.45, 2.75) is 30.4 Å². The van der Waals surface area contributed by atoms with Crippen LogP contribution in [0, 0.1) is 6.92 Å². The molecule has 0 saturated carbocycles. The van der Waals surface area contributed by atoms with Gasteiger partial charge in [0.05, 0.1) is 5.69 Å². The summed E-state index contributed by atoms with van der Waals surface area (Å²) in [4.78, 5) is 38.4. The van der Waals surface area contributed by atoms with Crippen molar-refractivity contribution in [2.24, 2.45) is 0 Å². The number of pyridine rings is 1. The number of para-hydroxylation sites is 1. The minimum absolute atomic E-state index is 0.0827. The molecule has 8 heteroatoms. The van der Waals surface area contributed by atoms with Crippen LogP contribution in [-0.2, 0) is 11.2 Å². The monoisotopic (exact) mass is 481 g/mol. The second-order valence-corrected chi connectivity index (χ2v) is 9.50. The molecule has 3 aromatic rings. The molecule has 4 rings (SSSR count). The van der Waals surface area contributed by atoms with Gasteiger partial charge in [-0.3, -0.25) is 14.4 Å². The molecule has 33 heavy (non-hydrogen) atoms. The van der Waals surface area contributed by atoms with Crippen molar-refractivity contribution in [1.29, 1.82) is 0 Å². The highest BCUT2D eigenvalue weighted by Gasteiger charge is 2.29. The maximum absolute atomic E-state index is 13.2. The lowest BCUT2D eigenvalue weighted by molar-refractivity contribution is -0.118. The number of aryl methyl sites for hydroxylation is 1. The Morgan fingerprint density at radius 3 is 2.55 bits per heavy atom. The molecule has 0 radical (unpaired) electrons. The second-order valence-electron chi connectivity index (χ2n) is 7.85. The Balaban J connectivity index is 1.83. The van der Waals surface area contributed by atoms with Crippen molar-refractivity contribution in [3.05, 3.63) is 92.4 Å². The van der Waals surface area contributed by atoms with Gasteiger partial charge in [0.15, 0.2) is 5.43 Å². The Labute approximate surface area is 201 Å². The van der Waals surface area contributed by atoms with E-state index in [1.54, 1.807) is 11.8 Å². The van der Waals surface area contributed by atoms with Crippen LogP contribution in [0.2, 0.25) is 5.02 Å². The van der Waals surface area contributed by atoms with Crippen LogP contribution in [0.5, 0.6) is 0 Å². The van der Waals surface area contributed by atoms with Gasteiger partial charge in [-0.15, -0.1) is 11.8 Å². The number of carbonyl (C=O) groups is 2. The molecular weight excluding hydrogens is 458 g/mol. The molecule has 6 nitrogen and oxygen atoms in total. The maximum atomic E-state index is 13.2. The summed E-state index contributed by atoms with van der Waals surface area (Å²) >= 11 is 8.22. The Morgan fingerprint density at radius 1 is 1.09 bits per heavy atom. The predicted octanol–water partition coefficient (Wildman–Crippen LogP) is 4.05. The van der Waals surface area contributed by atoms with Crippen LogP contribution in [0.3, 0.4) is 0 Å². The van der Waals surface area contributed by atoms with Gasteiger partial charge in [0.25, 0.3) is 5.91 Å². The number of halogens is 1. The number of nitrogens with zero attached hydrogens (tertiary/aromatic N) is 1. The molecule has 2 amide bonds. The molecule has 2 N–H and O–H groups in total. The first-order valence-electron chi connectivity index (χ1n) is 10.7. The number of nitrogens with one attached hydrogen (secondary N) is 2. The van der Waals surface area contributed by atoms with E-state index in [-0.39, 0.29) is 35.2 Å². The number of amides is 2. The summed E-state index contributed by atoms with van der Waals surface area (Å²) in [6.45, 7) is 3.81. The van der Waals surface area contributed by atoms with Gasteiger partial charge < -0.3 is 15.2 Å². The number of hydrogen-bond acceptors (Lipinski definition) is 4. The number of rotatable bonds is 5. The van der Waals surface area contributed by atoms with Crippen LogP contribution >= 0.6 is 23.4 Å². The molecule has 0 unspecified atom stereocenters. The lowest BCUT2D eigenvalue weighted by atomic mass is 10.0. The van der Waals surface area contributed by atoms with Gasteiger partial charge in [0.2, 0.25) is 5.91 Å². The molecular formula is C25H24ClN3O3S. The first kappa shape index (κ1) is 23.1. The Hall–Kier alpha value is -3.03. The Bertz CT molecular complexity index is 1290. The molecule has 0 saturated heterocycles. The zero-order valence-electron chi connectivity index (χ0n) is 18.4. The molecule has 1 aliphatic heterocycles. The lowest BCUT2D eigenvalue weighted by Crippen LogP contribution is -2.37. The molecule has 1 aromatic heterocycles. The van der Waals surface area contributed by atoms with E-state index >= 15 is 0 Å². The van der Waals surface area contributed by atoms with Gasteiger partial charge in [-0.2, -0.15) is 0 Å². The molecule has 1 aliphatic rings. The third kappa shape index (κ3) is 4.84. The fraction of sp³-hybridized carbons (Fsp3) is 0.240. The molecule has 0 aliphatic carbocycles. The van der Waals surface area contributed by atoms with Gasteiger partial charge in [-0.1, -0.05) is 41.9 Å². The summed E-state index contributed by atoms with van der Waals surface area (Å²) in [6, 6.07) is 17.1. The molecule has 1 atom stereocenters. The van der Waals surface area contributed by atoms with E-state index in [0.717, 1.165) is 21.8 Å². The number of hydrogen-bond donors (Lipinski definition) is 2. The first-order chi connectivity index (χ1) is 15.9. The predicted molar refractivity (Wildman–Crippen MR) is 132 cm³/mol. The quantitative estimate of drug-likeness (QED) is 0.539. The van der Waals surface area contributed by atoms with E-state index in [0.29, 0.717) is 17.1 Å². The topological polar surface area (TPSA) is 80.2 Å². The summed E-state index contributed by atoms with van der Waals surface area (Å²) in [5, 5.41) is 5.98. The minimum atomic E-state index is -0.448. The van der Waals surface area contributed by atoms with E-state index in [1.165, 1.54) is 13.0 Å². The number of benzene rings is 2. The molecule has 2 heterocycles. The van der Waals surface area contributed by atoms with Crippen LogP contribution in [0.1, 0.15) is 39.5 Å². The average Bonchev–Trinajstić information content (AvgIpc) is 2.94. The highest BCUT2D eigenvalue weighted by Crippen LogP contribution is 2.45. The standard InChI is InChI=1S/C25H24ClN3O3S/c1-15-13-21(31)24(25(32)28-12-11-27-16(2)30)20-14-23(17-7-3-4-8-18(17)26)33-22-10-6-5-9-19(22)29(15)20/h3-10,13,23H,11-12,14H2,1-2H3,(H,27,30)(H,28,32)/t23-/m0/s1. The van der Waals surface area contributed by atoms with Crippen LogP contribution < -0.4 is 16.1 Å². The van der Waals surface area contributed by atoms with Gasteiger partial charge in [0, 0.05) is 59.1 Å². The minimum Gasteiger partial charge on any atom is -0.355 e.